The number of nitrogens with zero attached hydrogens (tertiary/aromatic N) is 6. The Kier molecular flexibility index (Phi) is 6.31. The topological polar surface area (TPSA) is 80.3 Å². The Hall–Kier alpha value is -4.04. The first-order valence-corrected chi connectivity index (χ1v) is 11.4. The molecule has 5 rings (SSSR count). The second kappa shape index (κ2) is 9.84. The van der Waals surface area contributed by atoms with Gasteiger partial charge in [-0.3, -0.25) is 9.69 Å². The van der Waals surface area contributed by atoms with Gasteiger partial charge < -0.3 is 9.42 Å². The Morgan fingerprint density at radius 3 is 2.44 bits per heavy atom. The van der Waals surface area contributed by atoms with Crippen molar-refractivity contribution in [2.24, 2.45) is 0 Å². The Morgan fingerprint density at radius 1 is 1.00 bits per heavy atom. The first-order chi connectivity index (χ1) is 16.7. The van der Waals surface area contributed by atoms with E-state index in [1.54, 1.807) is 17.0 Å². The molecule has 0 saturated carbocycles. The van der Waals surface area contributed by atoms with Gasteiger partial charge in [0.1, 0.15) is 0 Å². The predicted octanol–water partition coefficient (Wildman–Crippen LogP) is 3.84. The Balaban J connectivity index is 1.15. The smallest absolute Gasteiger partial charge is 0.246 e. The molecular weight excluding hydrogens is 428 g/mol. The van der Waals surface area contributed by atoms with Crippen molar-refractivity contribution in [3.8, 4) is 17.1 Å². The van der Waals surface area contributed by atoms with Gasteiger partial charge in [-0.1, -0.05) is 53.7 Å². The van der Waals surface area contributed by atoms with E-state index in [0.717, 1.165) is 29.9 Å². The predicted molar refractivity (Wildman–Crippen MR) is 129 cm³/mol. The summed E-state index contributed by atoms with van der Waals surface area (Å²) in [4.78, 5) is 21.4. The van der Waals surface area contributed by atoms with Crippen LogP contribution in [-0.4, -0.2) is 61.8 Å². The molecule has 34 heavy (non-hydrogen) atoms. The highest BCUT2D eigenvalue weighted by atomic mass is 16.5. The molecule has 0 radical (unpaired) electrons. The van der Waals surface area contributed by atoms with Gasteiger partial charge in [0.15, 0.2) is 0 Å². The van der Waals surface area contributed by atoms with E-state index in [1.165, 1.54) is 0 Å². The summed E-state index contributed by atoms with van der Waals surface area (Å²) >= 11 is 0. The van der Waals surface area contributed by atoms with E-state index in [-0.39, 0.29) is 11.9 Å². The minimum absolute atomic E-state index is 0.00363. The molecule has 1 saturated heterocycles. The molecule has 1 aliphatic rings. The number of carbonyl (C=O) groups is 1. The Labute approximate surface area is 198 Å². The van der Waals surface area contributed by atoms with Crippen LogP contribution < -0.4 is 0 Å². The number of para-hydroxylation sites is 1. The molecule has 1 amide bonds. The zero-order valence-corrected chi connectivity index (χ0v) is 19.0. The summed E-state index contributed by atoms with van der Waals surface area (Å²) in [6.07, 6.45) is 7.10. The summed E-state index contributed by atoms with van der Waals surface area (Å²) in [6, 6.07) is 19.7. The van der Waals surface area contributed by atoms with E-state index in [1.807, 2.05) is 77.8 Å². The second-order valence-electron chi connectivity index (χ2n) is 8.25. The van der Waals surface area contributed by atoms with Gasteiger partial charge in [-0.15, -0.1) is 0 Å². The molecule has 2 aromatic heterocycles. The van der Waals surface area contributed by atoms with Gasteiger partial charge in [-0.05, 0) is 25.1 Å². The molecule has 0 aliphatic carbocycles. The average molecular weight is 455 g/mol. The van der Waals surface area contributed by atoms with Crippen LogP contribution in [0, 0.1) is 0 Å². The summed E-state index contributed by atoms with van der Waals surface area (Å²) in [5, 5.41) is 8.50. The van der Waals surface area contributed by atoms with Crippen LogP contribution in [0.1, 0.15) is 24.4 Å². The molecular formula is C26H26N6O2. The molecule has 0 spiro atoms. The lowest BCUT2D eigenvalue weighted by Crippen LogP contribution is -2.48. The first-order valence-electron chi connectivity index (χ1n) is 11.4. The lowest BCUT2D eigenvalue weighted by atomic mass is 10.2. The maximum Gasteiger partial charge on any atom is 0.246 e. The van der Waals surface area contributed by atoms with Crippen molar-refractivity contribution in [3.63, 3.8) is 0 Å². The van der Waals surface area contributed by atoms with Crippen LogP contribution >= 0.6 is 0 Å². The number of hydrogen-bond acceptors (Lipinski definition) is 6. The number of piperazine rings is 1. The van der Waals surface area contributed by atoms with Gasteiger partial charge in [-0.25, -0.2) is 4.68 Å². The molecule has 1 aliphatic heterocycles. The van der Waals surface area contributed by atoms with Crippen LogP contribution in [0.15, 0.2) is 83.7 Å². The van der Waals surface area contributed by atoms with Crippen molar-refractivity contribution < 1.29 is 9.32 Å². The number of aromatic nitrogens is 4. The van der Waals surface area contributed by atoms with Crippen molar-refractivity contribution in [1.29, 1.82) is 0 Å². The van der Waals surface area contributed by atoms with E-state index in [4.69, 9.17) is 4.52 Å². The van der Waals surface area contributed by atoms with Crippen LogP contribution in [0.3, 0.4) is 0 Å². The second-order valence-corrected chi connectivity index (χ2v) is 8.25. The van der Waals surface area contributed by atoms with Crippen molar-refractivity contribution in [2.75, 3.05) is 26.2 Å². The molecule has 1 atom stereocenters. The summed E-state index contributed by atoms with van der Waals surface area (Å²) in [5.41, 5.74) is 2.80. The number of benzene rings is 2. The standard InChI is InChI=1S/C26H26N6O2/c1-20(26-28-25(29-34-26)22-8-4-2-5-9-22)30-14-16-31(17-15-30)24(33)13-12-21-18-27-32(19-21)23-10-6-3-7-11-23/h2-13,18-20H,14-17H2,1H3/b13-12+. The van der Waals surface area contributed by atoms with E-state index in [2.05, 4.69) is 27.1 Å². The lowest BCUT2D eigenvalue weighted by Gasteiger charge is -2.36. The molecule has 1 fully saturated rings. The van der Waals surface area contributed by atoms with Crippen LogP contribution in [0.2, 0.25) is 0 Å². The van der Waals surface area contributed by atoms with Crippen molar-refractivity contribution in [2.45, 2.75) is 13.0 Å². The molecule has 3 heterocycles. The van der Waals surface area contributed by atoms with E-state index >= 15 is 0 Å². The highest BCUT2D eigenvalue weighted by molar-refractivity contribution is 5.91. The molecule has 0 bridgehead atoms. The van der Waals surface area contributed by atoms with Crippen molar-refractivity contribution in [1.82, 2.24) is 29.7 Å². The molecule has 0 N–H and O–H groups in total. The Morgan fingerprint density at radius 2 is 1.71 bits per heavy atom. The SMILES string of the molecule is CC(c1nc(-c2ccccc2)no1)N1CCN(C(=O)/C=C/c2cnn(-c3ccccc3)c2)CC1. The zero-order chi connectivity index (χ0) is 23.3. The van der Waals surface area contributed by atoms with Crippen LogP contribution in [0.25, 0.3) is 23.2 Å². The summed E-state index contributed by atoms with van der Waals surface area (Å²) < 4.78 is 7.32. The van der Waals surface area contributed by atoms with E-state index < -0.39 is 0 Å². The molecule has 8 heteroatoms. The molecule has 2 aromatic carbocycles. The lowest BCUT2D eigenvalue weighted by molar-refractivity contribution is -0.128. The third-order valence-corrected chi connectivity index (χ3v) is 6.05. The number of hydrogen-bond donors (Lipinski definition) is 0. The third-order valence-electron chi connectivity index (χ3n) is 6.05. The summed E-state index contributed by atoms with van der Waals surface area (Å²) in [7, 11) is 0. The van der Waals surface area contributed by atoms with Gasteiger partial charge in [0, 0.05) is 49.6 Å². The maximum atomic E-state index is 12.7. The van der Waals surface area contributed by atoms with Gasteiger partial charge in [0.25, 0.3) is 0 Å². The quantitative estimate of drug-likeness (QED) is 0.412. The van der Waals surface area contributed by atoms with Gasteiger partial charge in [-0.2, -0.15) is 10.1 Å². The normalized spacial score (nSPS) is 15.6. The van der Waals surface area contributed by atoms with Crippen molar-refractivity contribution >= 4 is 12.0 Å². The maximum absolute atomic E-state index is 12.7. The summed E-state index contributed by atoms with van der Waals surface area (Å²) in [5.74, 6) is 1.19. The number of rotatable bonds is 6. The van der Waals surface area contributed by atoms with Crippen LogP contribution in [0.4, 0.5) is 0 Å². The summed E-state index contributed by atoms with van der Waals surface area (Å²) in [6.45, 7) is 4.85. The fraction of sp³-hybridized carbons (Fsp3) is 0.231. The van der Waals surface area contributed by atoms with Gasteiger partial charge in [0.2, 0.25) is 17.6 Å². The van der Waals surface area contributed by atoms with Crippen molar-refractivity contribution in [3.05, 3.63) is 90.6 Å². The zero-order valence-electron chi connectivity index (χ0n) is 19.0. The van der Waals surface area contributed by atoms with Crippen LogP contribution in [0.5, 0.6) is 0 Å². The highest BCUT2D eigenvalue weighted by Gasteiger charge is 2.27. The minimum atomic E-state index is -0.0124. The van der Waals surface area contributed by atoms with E-state index in [9.17, 15) is 4.79 Å². The fourth-order valence-electron chi connectivity index (χ4n) is 4.01. The number of carbonyl (C=O) groups excluding carboxylic acids is 1. The van der Waals surface area contributed by atoms with Gasteiger partial charge in [0.05, 0.1) is 17.9 Å². The monoisotopic (exact) mass is 454 g/mol. The van der Waals surface area contributed by atoms with Crippen LogP contribution in [-0.2, 0) is 4.79 Å². The minimum Gasteiger partial charge on any atom is -0.337 e. The average Bonchev–Trinajstić information content (AvgIpc) is 3.58. The molecule has 4 aromatic rings. The Bertz CT molecular complexity index is 1260. The van der Waals surface area contributed by atoms with Gasteiger partial charge >= 0.3 is 0 Å². The largest absolute Gasteiger partial charge is 0.337 e. The molecule has 1 unspecified atom stereocenters. The number of amides is 1. The van der Waals surface area contributed by atoms with E-state index in [0.29, 0.717) is 24.8 Å². The first kappa shape index (κ1) is 21.8. The molecule has 172 valence electrons. The molecule has 8 nitrogen and oxygen atoms in total. The third kappa shape index (κ3) is 4.82. The fourth-order valence-corrected chi connectivity index (χ4v) is 4.01. The highest BCUT2D eigenvalue weighted by Crippen LogP contribution is 2.23.